The van der Waals surface area contributed by atoms with Gasteiger partial charge in [-0.25, -0.2) is 0 Å². The van der Waals surface area contributed by atoms with Crippen LogP contribution < -0.4 is 15.4 Å². The van der Waals surface area contributed by atoms with Crippen molar-refractivity contribution in [3.63, 3.8) is 0 Å². The van der Waals surface area contributed by atoms with E-state index in [-0.39, 0.29) is 48.6 Å². The normalized spacial score (nSPS) is 15.3. The Kier molecular flexibility index (Phi) is 13.4. The smallest absolute Gasteiger partial charge is 0.160 e. The Bertz CT molecular complexity index is 883. The molecule has 0 radical (unpaired) electrons. The molecule has 0 aliphatic rings. The zero-order chi connectivity index (χ0) is 26.5. The van der Waals surface area contributed by atoms with E-state index in [1.165, 1.54) is 25.3 Å². The lowest BCUT2D eigenvalue weighted by molar-refractivity contribution is 0.111. The summed E-state index contributed by atoms with van der Waals surface area (Å²) in [5.41, 5.74) is 1.17. The Morgan fingerprint density at radius 2 is 1.43 bits per heavy atom. The molecule has 9 N–H and O–H groups in total. The Balaban J connectivity index is 0.000000351. The maximum Gasteiger partial charge on any atom is 0.160 e. The van der Waals surface area contributed by atoms with E-state index in [9.17, 15) is 25.5 Å². The van der Waals surface area contributed by atoms with Crippen LogP contribution in [0.15, 0.2) is 36.4 Å². The number of aliphatic hydroxyl groups is 4. The molecule has 10 nitrogen and oxygen atoms in total. The van der Waals surface area contributed by atoms with Crippen LogP contribution in [0.2, 0.25) is 0 Å². The highest BCUT2D eigenvalue weighted by molar-refractivity contribution is 5.42. The maximum atomic E-state index is 10.2. The van der Waals surface area contributed by atoms with E-state index in [2.05, 4.69) is 10.6 Å². The van der Waals surface area contributed by atoms with Gasteiger partial charge >= 0.3 is 0 Å². The zero-order valence-corrected chi connectivity index (χ0v) is 20.7. The van der Waals surface area contributed by atoms with Crippen molar-refractivity contribution >= 4 is 0 Å². The van der Waals surface area contributed by atoms with E-state index in [0.29, 0.717) is 29.8 Å². The van der Waals surface area contributed by atoms with E-state index in [1.54, 1.807) is 18.2 Å². The van der Waals surface area contributed by atoms with Gasteiger partial charge in [0.15, 0.2) is 23.0 Å². The summed E-state index contributed by atoms with van der Waals surface area (Å²) in [6.07, 6.45) is -0.846. The lowest BCUT2D eigenvalue weighted by Crippen LogP contribution is -2.41. The molecule has 0 spiro atoms. The predicted octanol–water partition coefficient (Wildman–Crippen LogP) is 1.28. The molecule has 0 amide bonds. The third-order valence-corrected chi connectivity index (χ3v) is 5.46. The largest absolute Gasteiger partial charge is 0.504 e. The fourth-order valence-electron chi connectivity index (χ4n) is 3.20. The lowest BCUT2D eigenvalue weighted by atomic mass is 9.99. The second-order valence-electron chi connectivity index (χ2n) is 8.40. The van der Waals surface area contributed by atoms with Crippen molar-refractivity contribution in [2.24, 2.45) is 0 Å². The van der Waals surface area contributed by atoms with Gasteiger partial charge in [0.1, 0.15) is 0 Å². The molecule has 0 heterocycles. The summed E-state index contributed by atoms with van der Waals surface area (Å²) in [4.78, 5) is 0. The van der Waals surface area contributed by atoms with Crippen molar-refractivity contribution in [3.05, 3.63) is 47.5 Å². The van der Waals surface area contributed by atoms with Gasteiger partial charge in [0.2, 0.25) is 0 Å². The van der Waals surface area contributed by atoms with E-state index in [1.807, 2.05) is 20.8 Å². The summed E-state index contributed by atoms with van der Waals surface area (Å²) in [6.45, 7) is 5.91. The zero-order valence-electron chi connectivity index (χ0n) is 20.7. The first kappa shape index (κ1) is 30.4. The van der Waals surface area contributed by atoms with Crippen LogP contribution in [0.3, 0.4) is 0 Å². The van der Waals surface area contributed by atoms with Gasteiger partial charge in [-0.2, -0.15) is 0 Å². The molecule has 198 valence electrons. The number of phenolic OH excluding ortho intramolecular Hbond substituents is 3. The number of aromatic hydroxyl groups is 3. The van der Waals surface area contributed by atoms with E-state index >= 15 is 0 Å². The molecule has 2 aromatic rings. The minimum absolute atomic E-state index is 0.00987. The number of aliphatic hydroxyl groups excluding tert-OH is 4. The van der Waals surface area contributed by atoms with Gasteiger partial charge in [-0.1, -0.05) is 19.1 Å². The van der Waals surface area contributed by atoms with Gasteiger partial charge in [0.25, 0.3) is 0 Å². The molecule has 2 aromatic carbocycles. The van der Waals surface area contributed by atoms with Crippen LogP contribution in [-0.2, 0) is 0 Å². The SMILES string of the molecule is CCC(NC(C)CO)C(O)c1ccc(O)c(O)c1.COc1cc(C(O)CNC(C)CO)ccc1O. The van der Waals surface area contributed by atoms with E-state index in [0.717, 1.165) is 0 Å². The van der Waals surface area contributed by atoms with E-state index in [4.69, 9.17) is 14.9 Å². The molecule has 0 aliphatic heterocycles. The minimum Gasteiger partial charge on any atom is -0.504 e. The topological polar surface area (TPSA) is 175 Å². The number of nitrogens with one attached hydrogen (secondary N) is 2. The van der Waals surface area contributed by atoms with E-state index < -0.39 is 12.2 Å². The van der Waals surface area contributed by atoms with Crippen molar-refractivity contribution in [1.29, 1.82) is 0 Å². The highest BCUT2D eigenvalue weighted by atomic mass is 16.5. The standard InChI is InChI=1S/C13H21NO4.C12H19NO4/c1-3-10(14-8(2)7-15)13(18)9-4-5-11(16)12(17)6-9;1-8(7-14)13-6-11(16)9-3-4-10(15)12(5-9)17-2/h4-6,8,10,13-18H,3,7H2,1-2H3;3-5,8,11,13-16H,6-7H2,1-2H3. The third-order valence-electron chi connectivity index (χ3n) is 5.46. The van der Waals surface area contributed by atoms with Crippen molar-refractivity contribution in [2.75, 3.05) is 26.9 Å². The summed E-state index contributed by atoms with van der Waals surface area (Å²) in [5, 5.41) is 72.1. The summed E-state index contributed by atoms with van der Waals surface area (Å²) in [5.74, 6) is -0.0933. The van der Waals surface area contributed by atoms with Crippen molar-refractivity contribution in [2.45, 2.75) is 57.5 Å². The molecular formula is C25H40N2O8. The molecule has 5 unspecified atom stereocenters. The quantitative estimate of drug-likeness (QED) is 0.195. The van der Waals surface area contributed by atoms with Crippen LogP contribution in [0.4, 0.5) is 0 Å². The molecule has 35 heavy (non-hydrogen) atoms. The Morgan fingerprint density at radius 3 is 1.97 bits per heavy atom. The highest BCUT2D eigenvalue weighted by Gasteiger charge is 2.21. The first-order valence-electron chi connectivity index (χ1n) is 11.5. The molecule has 10 heteroatoms. The van der Waals surface area contributed by atoms with Crippen LogP contribution >= 0.6 is 0 Å². The highest BCUT2D eigenvalue weighted by Crippen LogP contribution is 2.30. The van der Waals surface area contributed by atoms with Gasteiger partial charge in [-0.3, -0.25) is 0 Å². The fraction of sp³-hybridized carbons (Fsp3) is 0.520. The molecule has 2 rings (SSSR count). The summed E-state index contributed by atoms with van der Waals surface area (Å²) in [6, 6.07) is 8.54. The molecular weight excluding hydrogens is 456 g/mol. The summed E-state index contributed by atoms with van der Waals surface area (Å²) < 4.78 is 4.96. The summed E-state index contributed by atoms with van der Waals surface area (Å²) in [7, 11) is 1.46. The first-order chi connectivity index (χ1) is 16.6. The number of benzene rings is 2. The molecule has 0 aromatic heterocycles. The number of methoxy groups -OCH3 is 1. The van der Waals surface area contributed by atoms with Crippen LogP contribution in [0, 0.1) is 0 Å². The van der Waals surface area contributed by atoms with Crippen molar-refractivity contribution in [3.8, 4) is 23.0 Å². The Labute approximate surface area is 206 Å². The van der Waals surface area contributed by atoms with Crippen LogP contribution in [-0.4, -0.2) is 80.7 Å². The maximum absolute atomic E-state index is 10.2. The Hall–Kier alpha value is -2.60. The monoisotopic (exact) mass is 496 g/mol. The number of hydrogen-bond donors (Lipinski definition) is 9. The van der Waals surface area contributed by atoms with Gasteiger partial charge in [0, 0.05) is 24.7 Å². The number of phenols is 3. The fourth-order valence-corrected chi connectivity index (χ4v) is 3.20. The third kappa shape index (κ3) is 9.88. The number of rotatable bonds is 12. The van der Waals surface area contributed by atoms with Crippen LogP contribution in [0.1, 0.15) is 50.5 Å². The molecule has 0 saturated carbocycles. The van der Waals surface area contributed by atoms with Crippen LogP contribution in [0.25, 0.3) is 0 Å². The second-order valence-corrected chi connectivity index (χ2v) is 8.40. The second kappa shape index (κ2) is 15.4. The Morgan fingerprint density at radius 1 is 0.829 bits per heavy atom. The lowest BCUT2D eigenvalue weighted by Gasteiger charge is -2.26. The van der Waals surface area contributed by atoms with Gasteiger partial charge < -0.3 is 51.1 Å². The number of hydrogen-bond acceptors (Lipinski definition) is 10. The number of ether oxygens (including phenoxy) is 1. The van der Waals surface area contributed by atoms with Crippen molar-refractivity contribution < 1.29 is 40.5 Å². The minimum atomic E-state index is -0.810. The molecule has 0 fully saturated rings. The summed E-state index contributed by atoms with van der Waals surface area (Å²) >= 11 is 0. The molecule has 0 saturated heterocycles. The average Bonchev–Trinajstić information content (AvgIpc) is 2.87. The van der Waals surface area contributed by atoms with Crippen molar-refractivity contribution in [1.82, 2.24) is 10.6 Å². The van der Waals surface area contributed by atoms with Crippen LogP contribution in [0.5, 0.6) is 23.0 Å². The molecule has 0 bridgehead atoms. The van der Waals surface area contributed by atoms with Gasteiger partial charge in [-0.05, 0) is 55.7 Å². The van der Waals surface area contributed by atoms with Gasteiger partial charge in [0.05, 0.1) is 32.5 Å². The molecule has 0 aliphatic carbocycles. The molecule has 5 atom stereocenters. The first-order valence-corrected chi connectivity index (χ1v) is 11.5. The average molecular weight is 497 g/mol. The van der Waals surface area contributed by atoms with Gasteiger partial charge in [-0.15, -0.1) is 0 Å². The predicted molar refractivity (Wildman–Crippen MR) is 133 cm³/mol.